The van der Waals surface area contributed by atoms with E-state index in [-0.39, 0.29) is 0 Å². The number of rotatable bonds is 8. The molecule has 0 saturated carbocycles. The molecule has 11 aromatic carbocycles. The minimum absolute atomic E-state index is 0.589. The SMILES string of the molecule is c1ccc(-c2ccc(C3(c4ccccc4)c4ccccc4-c4ccc(N(c5ccc(-c6cccc7c6oc6ccccc67)cc5)c5ccc(-c6cccc7c6oc6ccccc67)cc5)cc43)cc2)cc1. The number of fused-ring (bicyclic) bond motifs is 9. The first-order chi connectivity index (χ1) is 34.7. The van der Waals surface area contributed by atoms with Gasteiger partial charge in [0.15, 0.2) is 0 Å². The lowest BCUT2D eigenvalue weighted by Gasteiger charge is -2.35. The second-order valence-electron chi connectivity index (χ2n) is 18.3. The zero-order chi connectivity index (χ0) is 46.2. The molecule has 0 aliphatic heterocycles. The fourth-order valence-corrected chi connectivity index (χ4v) is 11.4. The molecule has 0 bridgehead atoms. The van der Waals surface area contributed by atoms with Crippen molar-refractivity contribution in [2.75, 3.05) is 4.90 Å². The summed E-state index contributed by atoms with van der Waals surface area (Å²) >= 11 is 0. The smallest absolute Gasteiger partial charge is 0.143 e. The number of nitrogens with zero attached hydrogens (tertiary/aromatic N) is 1. The van der Waals surface area contributed by atoms with Gasteiger partial charge in [0.1, 0.15) is 22.3 Å². The van der Waals surface area contributed by atoms with Crippen molar-refractivity contribution < 1.29 is 8.83 Å². The van der Waals surface area contributed by atoms with Crippen LogP contribution in [0.5, 0.6) is 0 Å². The van der Waals surface area contributed by atoms with E-state index in [1.165, 1.54) is 44.5 Å². The van der Waals surface area contributed by atoms with E-state index >= 15 is 0 Å². The molecule has 0 spiro atoms. The average molecular weight is 894 g/mol. The average Bonchev–Trinajstić information content (AvgIpc) is 4.11. The quantitative estimate of drug-likeness (QED) is 0.152. The second-order valence-corrected chi connectivity index (χ2v) is 18.3. The van der Waals surface area contributed by atoms with Crippen LogP contribution in [0.1, 0.15) is 22.3 Å². The molecule has 3 heteroatoms. The first kappa shape index (κ1) is 39.9. The van der Waals surface area contributed by atoms with Gasteiger partial charge >= 0.3 is 0 Å². The van der Waals surface area contributed by atoms with Gasteiger partial charge in [-0.1, -0.05) is 212 Å². The van der Waals surface area contributed by atoms with E-state index in [2.05, 4.69) is 241 Å². The molecule has 2 aromatic heterocycles. The third-order valence-corrected chi connectivity index (χ3v) is 14.6. The first-order valence-corrected chi connectivity index (χ1v) is 24.0. The van der Waals surface area contributed by atoms with Gasteiger partial charge < -0.3 is 13.7 Å². The molecule has 14 rings (SSSR count). The maximum Gasteiger partial charge on any atom is 0.143 e. The molecule has 13 aromatic rings. The van der Waals surface area contributed by atoms with E-state index in [1.807, 2.05) is 24.3 Å². The van der Waals surface area contributed by atoms with Crippen LogP contribution in [0.4, 0.5) is 17.1 Å². The Morgan fingerprint density at radius 3 is 1.30 bits per heavy atom. The fraction of sp³-hybridized carbons (Fsp3) is 0.0149. The summed E-state index contributed by atoms with van der Waals surface area (Å²) in [6, 6.07) is 94.3. The summed E-state index contributed by atoms with van der Waals surface area (Å²) in [7, 11) is 0. The summed E-state index contributed by atoms with van der Waals surface area (Å²) in [5.41, 5.74) is 20.3. The summed E-state index contributed by atoms with van der Waals surface area (Å²) in [5, 5.41) is 4.49. The first-order valence-electron chi connectivity index (χ1n) is 24.0. The molecule has 1 aliphatic carbocycles. The van der Waals surface area contributed by atoms with Gasteiger partial charge in [0.2, 0.25) is 0 Å². The van der Waals surface area contributed by atoms with Crippen LogP contribution in [-0.2, 0) is 5.41 Å². The third-order valence-electron chi connectivity index (χ3n) is 14.6. The van der Waals surface area contributed by atoms with Gasteiger partial charge in [-0.2, -0.15) is 0 Å². The van der Waals surface area contributed by atoms with E-state index in [1.54, 1.807) is 0 Å². The van der Waals surface area contributed by atoms with Crippen molar-refractivity contribution >= 4 is 60.9 Å². The number of para-hydroxylation sites is 4. The molecule has 1 aliphatic rings. The van der Waals surface area contributed by atoms with Crippen molar-refractivity contribution in [3.8, 4) is 44.5 Å². The number of furan rings is 2. The van der Waals surface area contributed by atoms with Crippen LogP contribution in [0.15, 0.2) is 270 Å². The molecule has 328 valence electrons. The van der Waals surface area contributed by atoms with Crippen LogP contribution in [0, 0.1) is 0 Å². The van der Waals surface area contributed by atoms with Gasteiger partial charge in [0.25, 0.3) is 0 Å². The van der Waals surface area contributed by atoms with Crippen molar-refractivity contribution in [1.82, 2.24) is 0 Å². The van der Waals surface area contributed by atoms with Crippen molar-refractivity contribution in [3.05, 3.63) is 283 Å². The summed E-state index contributed by atoms with van der Waals surface area (Å²) < 4.78 is 13.0. The van der Waals surface area contributed by atoms with Crippen molar-refractivity contribution in [1.29, 1.82) is 0 Å². The molecule has 70 heavy (non-hydrogen) atoms. The number of hydrogen-bond donors (Lipinski definition) is 0. The number of benzene rings is 11. The van der Waals surface area contributed by atoms with Crippen LogP contribution in [0.3, 0.4) is 0 Å². The van der Waals surface area contributed by atoms with Crippen molar-refractivity contribution in [2.24, 2.45) is 0 Å². The van der Waals surface area contributed by atoms with E-state index in [0.717, 1.165) is 83.2 Å². The third kappa shape index (κ3) is 6.15. The molecule has 0 fully saturated rings. The van der Waals surface area contributed by atoms with Crippen LogP contribution in [0.2, 0.25) is 0 Å². The van der Waals surface area contributed by atoms with E-state index in [0.29, 0.717) is 0 Å². The highest BCUT2D eigenvalue weighted by atomic mass is 16.3. The van der Waals surface area contributed by atoms with Crippen LogP contribution in [0.25, 0.3) is 88.4 Å². The van der Waals surface area contributed by atoms with Gasteiger partial charge in [-0.05, 0) is 104 Å². The monoisotopic (exact) mass is 893 g/mol. The maximum atomic E-state index is 6.52. The highest BCUT2D eigenvalue weighted by Crippen LogP contribution is 2.57. The Bertz CT molecular complexity index is 3940. The lowest BCUT2D eigenvalue weighted by atomic mass is 9.67. The van der Waals surface area contributed by atoms with Crippen LogP contribution < -0.4 is 4.90 Å². The van der Waals surface area contributed by atoms with Gasteiger partial charge in [-0.25, -0.2) is 0 Å². The second kappa shape index (κ2) is 16.0. The molecular weight excluding hydrogens is 851 g/mol. The molecule has 2 heterocycles. The largest absolute Gasteiger partial charge is 0.455 e. The molecule has 0 saturated heterocycles. The maximum absolute atomic E-state index is 6.52. The lowest BCUT2D eigenvalue weighted by molar-refractivity contribution is 0.669. The zero-order valence-electron chi connectivity index (χ0n) is 38.1. The van der Waals surface area contributed by atoms with Gasteiger partial charge in [0, 0.05) is 49.7 Å². The minimum atomic E-state index is -0.589. The van der Waals surface area contributed by atoms with Crippen LogP contribution >= 0.6 is 0 Å². The Labute approximate surface area is 405 Å². The number of hydrogen-bond acceptors (Lipinski definition) is 3. The zero-order valence-corrected chi connectivity index (χ0v) is 38.1. The molecule has 1 unspecified atom stereocenters. The number of anilines is 3. The van der Waals surface area contributed by atoms with Crippen molar-refractivity contribution in [2.45, 2.75) is 5.41 Å². The van der Waals surface area contributed by atoms with Gasteiger partial charge in [-0.15, -0.1) is 0 Å². The van der Waals surface area contributed by atoms with Gasteiger partial charge in [-0.3, -0.25) is 0 Å². The van der Waals surface area contributed by atoms with Crippen LogP contribution in [-0.4, -0.2) is 0 Å². The van der Waals surface area contributed by atoms with Gasteiger partial charge in [0.05, 0.1) is 5.41 Å². The Kier molecular flexibility index (Phi) is 9.11. The Hall–Kier alpha value is -9.18. The minimum Gasteiger partial charge on any atom is -0.455 e. The van der Waals surface area contributed by atoms with E-state index < -0.39 is 5.41 Å². The molecule has 0 radical (unpaired) electrons. The highest BCUT2D eigenvalue weighted by Gasteiger charge is 2.46. The normalized spacial score (nSPS) is 14.1. The Balaban J connectivity index is 0.949. The summed E-state index contributed by atoms with van der Waals surface area (Å²) in [6.45, 7) is 0. The Morgan fingerprint density at radius 1 is 0.271 bits per heavy atom. The van der Waals surface area contributed by atoms with E-state index in [9.17, 15) is 0 Å². The molecule has 0 N–H and O–H groups in total. The predicted molar refractivity (Wildman–Crippen MR) is 289 cm³/mol. The molecule has 1 atom stereocenters. The van der Waals surface area contributed by atoms with E-state index in [4.69, 9.17) is 8.83 Å². The molecule has 3 nitrogen and oxygen atoms in total. The highest BCUT2D eigenvalue weighted by molar-refractivity contribution is 6.10. The fourth-order valence-electron chi connectivity index (χ4n) is 11.4. The molecule has 0 amide bonds. The Morgan fingerprint density at radius 2 is 0.700 bits per heavy atom. The summed E-state index contributed by atoms with van der Waals surface area (Å²) in [4.78, 5) is 2.40. The topological polar surface area (TPSA) is 29.5 Å². The predicted octanol–water partition coefficient (Wildman–Crippen LogP) is 18.3. The summed E-state index contributed by atoms with van der Waals surface area (Å²) in [5.74, 6) is 0. The standard InChI is InChI=1S/C67H43NO2/c1-3-15-44(16-4-1)45-29-35-49(36-30-45)67(48-17-5-2-6-18-48)61-26-10-7-19-55(61)56-42-41-52(43-62(56)67)68(50-37-31-46(32-38-50)53-22-13-24-59-57-20-8-11-27-63(57)69-65(53)59)51-39-33-47(34-40-51)54-23-14-25-60-58-21-9-12-28-64(58)70-66(54)60/h1-43H. The summed E-state index contributed by atoms with van der Waals surface area (Å²) in [6.07, 6.45) is 0. The lowest BCUT2D eigenvalue weighted by Crippen LogP contribution is -2.28. The molecular formula is C67H43NO2. The van der Waals surface area contributed by atoms with Crippen molar-refractivity contribution in [3.63, 3.8) is 0 Å².